The van der Waals surface area contributed by atoms with E-state index in [0.717, 1.165) is 18.9 Å². The summed E-state index contributed by atoms with van der Waals surface area (Å²) >= 11 is 0. The lowest BCUT2D eigenvalue weighted by Gasteiger charge is -2.40. The molecule has 2 saturated carbocycles. The number of nitriles is 1. The molecule has 3 fully saturated rings. The summed E-state index contributed by atoms with van der Waals surface area (Å²) in [6.07, 6.45) is 8.89. The molecule has 0 aromatic rings. The number of nitrogens with one attached hydrogen (secondary N) is 1. The molecule has 2 aliphatic carbocycles. The van der Waals surface area contributed by atoms with Crippen molar-refractivity contribution in [2.24, 2.45) is 0 Å². The van der Waals surface area contributed by atoms with Crippen LogP contribution in [0.4, 0.5) is 0 Å². The summed E-state index contributed by atoms with van der Waals surface area (Å²) < 4.78 is 0. The fraction of sp³-hybridized carbons (Fsp3) is 0.938. The summed E-state index contributed by atoms with van der Waals surface area (Å²) in [4.78, 5) is 5.36. The van der Waals surface area contributed by atoms with Crippen LogP contribution in [-0.4, -0.2) is 60.6 Å². The van der Waals surface area contributed by atoms with Crippen LogP contribution in [0.15, 0.2) is 0 Å². The minimum Gasteiger partial charge on any atom is -0.302 e. The third-order valence-corrected chi connectivity index (χ3v) is 5.89. The molecule has 0 amide bonds. The summed E-state index contributed by atoms with van der Waals surface area (Å²) in [5.41, 5.74) is -0.257. The van der Waals surface area contributed by atoms with Crippen molar-refractivity contribution in [1.82, 2.24) is 15.1 Å². The van der Waals surface area contributed by atoms with Crippen LogP contribution < -0.4 is 5.32 Å². The van der Waals surface area contributed by atoms with E-state index in [2.05, 4.69) is 21.2 Å². The largest absolute Gasteiger partial charge is 0.302 e. The minimum absolute atomic E-state index is 0.257. The zero-order valence-electron chi connectivity index (χ0n) is 12.8. The first-order valence-corrected chi connectivity index (χ1v) is 8.35. The zero-order valence-corrected chi connectivity index (χ0v) is 12.8. The van der Waals surface area contributed by atoms with Crippen molar-refractivity contribution in [2.75, 3.05) is 33.2 Å². The summed E-state index contributed by atoms with van der Waals surface area (Å²) in [6.45, 7) is 4.87. The van der Waals surface area contributed by atoms with E-state index in [1.54, 1.807) is 0 Å². The Balaban J connectivity index is 1.50. The van der Waals surface area contributed by atoms with Gasteiger partial charge in [-0.05, 0) is 39.2 Å². The van der Waals surface area contributed by atoms with Gasteiger partial charge in [0.05, 0.1) is 6.07 Å². The summed E-state index contributed by atoms with van der Waals surface area (Å²) in [6, 6.07) is 3.99. The third kappa shape index (κ3) is 2.72. The molecule has 0 radical (unpaired) electrons. The molecule has 1 saturated heterocycles. The average Bonchev–Trinajstić information content (AvgIpc) is 3.18. The molecule has 20 heavy (non-hydrogen) atoms. The molecule has 0 bridgehead atoms. The van der Waals surface area contributed by atoms with Gasteiger partial charge in [0.25, 0.3) is 0 Å². The van der Waals surface area contributed by atoms with E-state index in [1.807, 2.05) is 7.05 Å². The van der Waals surface area contributed by atoms with E-state index in [0.29, 0.717) is 6.04 Å². The normalized spacial score (nSPS) is 37.3. The van der Waals surface area contributed by atoms with Gasteiger partial charge in [-0.3, -0.25) is 9.80 Å². The monoisotopic (exact) mass is 276 g/mol. The Bertz CT molecular complexity index is 363. The van der Waals surface area contributed by atoms with Crippen LogP contribution in [-0.2, 0) is 0 Å². The number of hydrogen-bond acceptors (Lipinski definition) is 4. The Labute approximate surface area is 123 Å². The fourth-order valence-corrected chi connectivity index (χ4v) is 4.45. The van der Waals surface area contributed by atoms with Crippen LogP contribution >= 0.6 is 0 Å². The predicted octanol–water partition coefficient (Wildman–Crippen LogP) is 1.58. The number of rotatable bonds is 3. The van der Waals surface area contributed by atoms with Crippen molar-refractivity contribution >= 4 is 0 Å². The van der Waals surface area contributed by atoms with Gasteiger partial charge in [-0.15, -0.1) is 0 Å². The molecule has 1 aliphatic heterocycles. The van der Waals surface area contributed by atoms with E-state index in [4.69, 9.17) is 0 Å². The second-order valence-electron chi connectivity index (χ2n) is 6.85. The lowest BCUT2D eigenvalue weighted by Crippen LogP contribution is -2.53. The zero-order chi connectivity index (χ0) is 14.0. The molecule has 3 rings (SSSR count). The number of hydrogen-bond donors (Lipinski definition) is 1. The van der Waals surface area contributed by atoms with Gasteiger partial charge in [0.1, 0.15) is 5.54 Å². The number of piperazine rings is 1. The van der Waals surface area contributed by atoms with E-state index < -0.39 is 0 Å². The van der Waals surface area contributed by atoms with Crippen LogP contribution in [0.25, 0.3) is 0 Å². The second kappa shape index (κ2) is 6.01. The van der Waals surface area contributed by atoms with Gasteiger partial charge >= 0.3 is 0 Å². The minimum atomic E-state index is -0.257. The molecule has 4 nitrogen and oxygen atoms in total. The average molecular weight is 276 g/mol. The van der Waals surface area contributed by atoms with Crippen LogP contribution in [0.1, 0.15) is 44.9 Å². The molecule has 112 valence electrons. The quantitative estimate of drug-likeness (QED) is 0.850. The maximum atomic E-state index is 9.38. The van der Waals surface area contributed by atoms with E-state index in [9.17, 15) is 5.26 Å². The Kier molecular flexibility index (Phi) is 4.30. The first kappa shape index (κ1) is 14.3. The summed E-state index contributed by atoms with van der Waals surface area (Å²) in [7, 11) is 1.93. The highest BCUT2D eigenvalue weighted by atomic mass is 15.3. The Morgan fingerprint density at radius 2 is 1.60 bits per heavy atom. The lowest BCUT2D eigenvalue weighted by molar-refractivity contribution is 0.0705. The second-order valence-corrected chi connectivity index (χ2v) is 6.85. The van der Waals surface area contributed by atoms with Crippen LogP contribution in [0.3, 0.4) is 0 Å². The van der Waals surface area contributed by atoms with Crippen LogP contribution in [0.2, 0.25) is 0 Å². The number of nitrogens with zero attached hydrogens (tertiary/aromatic N) is 3. The summed E-state index contributed by atoms with van der Waals surface area (Å²) in [5.74, 6) is 0. The maximum absolute atomic E-state index is 9.38. The molecule has 2 unspecified atom stereocenters. The van der Waals surface area contributed by atoms with Crippen molar-refractivity contribution in [3.63, 3.8) is 0 Å². The van der Waals surface area contributed by atoms with Crippen LogP contribution in [0.5, 0.6) is 0 Å². The molecule has 1 heterocycles. The Morgan fingerprint density at radius 1 is 1.00 bits per heavy atom. The van der Waals surface area contributed by atoms with E-state index in [1.165, 1.54) is 58.3 Å². The van der Waals surface area contributed by atoms with Crippen LogP contribution in [0, 0.1) is 11.3 Å². The van der Waals surface area contributed by atoms with Gasteiger partial charge < -0.3 is 5.32 Å². The molecule has 0 spiro atoms. The van der Waals surface area contributed by atoms with E-state index in [-0.39, 0.29) is 5.54 Å². The Morgan fingerprint density at radius 3 is 2.10 bits per heavy atom. The molecule has 2 atom stereocenters. The van der Waals surface area contributed by atoms with Gasteiger partial charge in [0, 0.05) is 38.3 Å². The van der Waals surface area contributed by atoms with Gasteiger partial charge in [-0.25, -0.2) is 0 Å². The van der Waals surface area contributed by atoms with Crippen molar-refractivity contribution in [2.45, 2.75) is 62.6 Å². The highest BCUT2D eigenvalue weighted by Gasteiger charge is 2.41. The van der Waals surface area contributed by atoms with Gasteiger partial charge in [-0.1, -0.05) is 12.8 Å². The fourth-order valence-electron chi connectivity index (χ4n) is 4.45. The molecule has 0 aromatic heterocycles. The van der Waals surface area contributed by atoms with Gasteiger partial charge in [0.2, 0.25) is 0 Å². The molecule has 1 N–H and O–H groups in total. The Hall–Kier alpha value is -0.630. The van der Waals surface area contributed by atoms with Crippen molar-refractivity contribution in [3.8, 4) is 6.07 Å². The predicted molar refractivity (Wildman–Crippen MR) is 80.4 cm³/mol. The highest BCUT2D eigenvalue weighted by Crippen LogP contribution is 2.33. The maximum Gasteiger partial charge on any atom is 0.108 e. The topological polar surface area (TPSA) is 42.3 Å². The lowest BCUT2D eigenvalue weighted by atomic mass is 9.99. The standard InChI is InChI=1S/C16H28N4/c1-18-16(13-17)7-6-15(12-16)20-10-8-19(9-11-20)14-4-2-3-5-14/h14-15,18H,2-12H2,1H3. The first-order valence-electron chi connectivity index (χ1n) is 8.35. The van der Waals surface area contributed by atoms with Crippen molar-refractivity contribution < 1.29 is 0 Å². The first-order chi connectivity index (χ1) is 9.76. The smallest absolute Gasteiger partial charge is 0.108 e. The molecule has 4 heteroatoms. The van der Waals surface area contributed by atoms with E-state index >= 15 is 0 Å². The van der Waals surface area contributed by atoms with Gasteiger partial charge in [-0.2, -0.15) is 5.26 Å². The molecular weight excluding hydrogens is 248 g/mol. The summed E-state index contributed by atoms with van der Waals surface area (Å²) in [5, 5.41) is 12.6. The third-order valence-electron chi connectivity index (χ3n) is 5.89. The molecule has 3 aliphatic rings. The van der Waals surface area contributed by atoms with Crippen molar-refractivity contribution in [3.05, 3.63) is 0 Å². The van der Waals surface area contributed by atoms with Crippen molar-refractivity contribution in [1.29, 1.82) is 5.26 Å². The molecular formula is C16H28N4. The molecule has 0 aromatic carbocycles. The SMILES string of the molecule is CNC1(C#N)CCC(N2CCN(C3CCCC3)CC2)C1. The van der Waals surface area contributed by atoms with Gasteiger partial charge in [0.15, 0.2) is 0 Å². The highest BCUT2D eigenvalue weighted by molar-refractivity contribution is 5.13.